The summed E-state index contributed by atoms with van der Waals surface area (Å²) in [6.07, 6.45) is 1.47. The summed E-state index contributed by atoms with van der Waals surface area (Å²) in [6, 6.07) is 16.3. The minimum absolute atomic E-state index is 0.111. The highest BCUT2D eigenvalue weighted by Crippen LogP contribution is 2.30. The van der Waals surface area contributed by atoms with Crippen LogP contribution in [0.15, 0.2) is 54.9 Å². The van der Waals surface area contributed by atoms with Crippen LogP contribution in [0, 0.1) is 6.92 Å². The number of anilines is 1. The Kier molecular flexibility index (Phi) is 6.28. The van der Waals surface area contributed by atoms with Gasteiger partial charge in [0.1, 0.15) is 29.8 Å². The van der Waals surface area contributed by atoms with Crippen LogP contribution in [0.5, 0.6) is 11.5 Å². The number of methoxy groups -OCH3 is 2. The van der Waals surface area contributed by atoms with Crippen LogP contribution in [0.2, 0.25) is 0 Å². The number of rotatable bonds is 8. The molecule has 5 rings (SSSR count). The molecule has 0 unspecified atom stereocenters. The third-order valence-corrected chi connectivity index (χ3v) is 5.98. The molecule has 34 heavy (non-hydrogen) atoms. The van der Waals surface area contributed by atoms with Crippen LogP contribution in [0.4, 0.5) is 5.82 Å². The van der Waals surface area contributed by atoms with E-state index in [9.17, 15) is 0 Å². The first-order valence-electron chi connectivity index (χ1n) is 11.1. The van der Waals surface area contributed by atoms with Gasteiger partial charge in [-0.2, -0.15) is 11.1 Å². The van der Waals surface area contributed by atoms with E-state index in [-0.39, 0.29) is 6.17 Å². The van der Waals surface area contributed by atoms with Crippen molar-refractivity contribution in [3.05, 3.63) is 66.1 Å². The summed E-state index contributed by atoms with van der Waals surface area (Å²) in [5.41, 5.74) is 16.9. The molecule has 2 aromatic heterocycles. The Hall–Kier alpha value is -3.70. The van der Waals surface area contributed by atoms with Crippen molar-refractivity contribution < 1.29 is 9.47 Å². The van der Waals surface area contributed by atoms with Crippen molar-refractivity contribution >= 4 is 16.7 Å². The zero-order valence-corrected chi connectivity index (χ0v) is 19.3. The van der Waals surface area contributed by atoms with E-state index in [0.717, 1.165) is 58.1 Å². The fourth-order valence-electron chi connectivity index (χ4n) is 4.29. The third-order valence-electron chi connectivity index (χ3n) is 5.98. The molecule has 1 fully saturated rings. The topological polar surface area (TPSA) is 109 Å². The molecule has 0 saturated carbocycles. The molecule has 5 N–H and O–H groups in total. The lowest BCUT2D eigenvalue weighted by Gasteiger charge is -2.15. The van der Waals surface area contributed by atoms with Gasteiger partial charge in [0.05, 0.1) is 25.4 Å². The van der Waals surface area contributed by atoms with E-state index in [1.54, 1.807) is 20.5 Å². The predicted molar refractivity (Wildman–Crippen MR) is 131 cm³/mol. The maximum atomic E-state index is 5.61. The molecule has 0 atom stereocenters. The standard InChI is InChI=1S/C24H28N8O2/c1-15-11-18-20(5-4-6-21(18)33-2)32(15)10-9-25-23-13-19(26-14-27-23)16-7-8-17(22(12-16)34-3)24-28-30-31-29-24/h4-8,11-14,24,28-31H,9-10H2,1-3H3,(H,25,26,27). The van der Waals surface area contributed by atoms with E-state index < -0.39 is 0 Å². The third kappa shape index (κ3) is 4.27. The van der Waals surface area contributed by atoms with Crippen molar-refractivity contribution in [2.45, 2.75) is 19.6 Å². The number of fused-ring (bicyclic) bond motifs is 1. The van der Waals surface area contributed by atoms with Crippen LogP contribution in [-0.4, -0.2) is 35.3 Å². The van der Waals surface area contributed by atoms with E-state index >= 15 is 0 Å². The second-order valence-corrected chi connectivity index (χ2v) is 7.97. The molecule has 10 nitrogen and oxygen atoms in total. The summed E-state index contributed by atoms with van der Waals surface area (Å²) in [5.74, 6) is 2.42. The quantitative estimate of drug-likeness (QED) is 0.271. The van der Waals surface area contributed by atoms with Gasteiger partial charge in [-0.15, -0.1) is 0 Å². The molecule has 3 heterocycles. The molecule has 0 aliphatic carbocycles. The molecule has 176 valence electrons. The first-order chi connectivity index (χ1) is 16.7. The average molecular weight is 461 g/mol. The Bertz CT molecular complexity index is 1300. The summed E-state index contributed by atoms with van der Waals surface area (Å²) in [5, 5.41) is 4.55. The van der Waals surface area contributed by atoms with Crippen LogP contribution in [-0.2, 0) is 6.54 Å². The van der Waals surface area contributed by atoms with Gasteiger partial charge >= 0.3 is 0 Å². The molecule has 10 heteroatoms. The summed E-state index contributed by atoms with van der Waals surface area (Å²) >= 11 is 0. The smallest absolute Gasteiger partial charge is 0.130 e. The van der Waals surface area contributed by atoms with Crippen molar-refractivity contribution in [2.75, 3.05) is 26.1 Å². The molecule has 2 aromatic carbocycles. The lowest BCUT2D eigenvalue weighted by Crippen LogP contribution is -2.33. The Morgan fingerprint density at radius 3 is 2.59 bits per heavy atom. The van der Waals surface area contributed by atoms with Crippen LogP contribution in [0.25, 0.3) is 22.2 Å². The Balaban J connectivity index is 1.31. The summed E-state index contributed by atoms with van der Waals surface area (Å²) in [6.45, 7) is 3.63. The zero-order chi connectivity index (χ0) is 23.5. The van der Waals surface area contributed by atoms with Gasteiger partial charge in [0.15, 0.2) is 0 Å². The number of aromatic nitrogens is 3. The molecular weight excluding hydrogens is 432 g/mol. The number of hydrogen-bond acceptors (Lipinski definition) is 9. The zero-order valence-electron chi connectivity index (χ0n) is 19.3. The number of nitrogens with one attached hydrogen (secondary N) is 5. The molecule has 4 aromatic rings. The Morgan fingerprint density at radius 1 is 0.971 bits per heavy atom. The Morgan fingerprint density at radius 2 is 1.79 bits per heavy atom. The van der Waals surface area contributed by atoms with Gasteiger partial charge < -0.3 is 19.4 Å². The van der Waals surface area contributed by atoms with E-state index in [1.165, 1.54) is 5.69 Å². The van der Waals surface area contributed by atoms with Gasteiger partial charge in [-0.1, -0.05) is 18.2 Å². The van der Waals surface area contributed by atoms with Gasteiger partial charge in [-0.25, -0.2) is 20.8 Å². The first kappa shape index (κ1) is 22.1. The first-order valence-corrected chi connectivity index (χ1v) is 11.1. The van der Waals surface area contributed by atoms with Crippen LogP contribution in [0.3, 0.4) is 0 Å². The number of hydrogen-bond donors (Lipinski definition) is 5. The lowest BCUT2D eigenvalue weighted by atomic mass is 10.1. The maximum absolute atomic E-state index is 5.61. The molecule has 1 saturated heterocycles. The van der Waals surface area contributed by atoms with Crippen molar-refractivity contribution in [3.8, 4) is 22.8 Å². The van der Waals surface area contributed by atoms with Crippen molar-refractivity contribution in [2.24, 2.45) is 0 Å². The normalized spacial score (nSPS) is 14.0. The van der Waals surface area contributed by atoms with Gasteiger partial charge in [0, 0.05) is 41.4 Å². The number of hydrazine groups is 3. The maximum Gasteiger partial charge on any atom is 0.130 e. The molecule has 0 bridgehead atoms. The minimum Gasteiger partial charge on any atom is -0.496 e. The van der Waals surface area contributed by atoms with Crippen LogP contribution < -0.4 is 36.7 Å². The second-order valence-electron chi connectivity index (χ2n) is 7.97. The molecule has 0 amide bonds. The van der Waals surface area contributed by atoms with Gasteiger partial charge in [0.25, 0.3) is 0 Å². The van der Waals surface area contributed by atoms with Gasteiger partial charge in [0.2, 0.25) is 0 Å². The fraction of sp³-hybridized carbons (Fsp3) is 0.250. The molecular formula is C24H28N8O2. The van der Waals surface area contributed by atoms with Gasteiger partial charge in [-0.05, 0) is 31.2 Å². The number of aryl methyl sites for hydroxylation is 1. The lowest BCUT2D eigenvalue weighted by molar-refractivity contribution is 0.398. The highest BCUT2D eigenvalue weighted by molar-refractivity contribution is 5.87. The van der Waals surface area contributed by atoms with Crippen molar-refractivity contribution in [1.82, 2.24) is 36.5 Å². The SMILES string of the molecule is COc1cc(-c2cc(NCCn3c(C)cc4c(OC)cccc43)ncn2)ccc1C1NNNN1. The van der Waals surface area contributed by atoms with E-state index in [0.29, 0.717) is 0 Å². The highest BCUT2D eigenvalue weighted by atomic mass is 16.5. The van der Waals surface area contributed by atoms with Crippen LogP contribution in [0.1, 0.15) is 17.4 Å². The summed E-state index contributed by atoms with van der Waals surface area (Å²) in [4.78, 5) is 8.86. The average Bonchev–Trinajstić information content (AvgIpc) is 3.52. The van der Waals surface area contributed by atoms with Gasteiger partial charge in [-0.3, -0.25) is 0 Å². The van der Waals surface area contributed by atoms with Crippen molar-refractivity contribution in [1.29, 1.82) is 0 Å². The number of ether oxygens (including phenoxy) is 2. The molecule has 0 radical (unpaired) electrons. The molecule has 0 spiro atoms. The predicted octanol–water partition coefficient (Wildman–Crippen LogP) is 2.65. The summed E-state index contributed by atoms with van der Waals surface area (Å²) < 4.78 is 13.4. The Labute approximate surface area is 197 Å². The molecule has 1 aliphatic rings. The second kappa shape index (κ2) is 9.65. The largest absolute Gasteiger partial charge is 0.496 e. The highest BCUT2D eigenvalue weighted by Gasteiger charge is 2.19. The van der Waals surface area contributed by atoms with Crippen molar-refractivity contribution in [3.63, 3.8) is 0 Å². The fourth-order valence-corrected chi connectivity index (χ4v) is 4.29. The summed E-state index contributed by atoms with van der Waals surface area (Å²) in [7, 11) is 3.36. The molecule has 1 aliphatic heterocycles. The monoisotopic (exact) mass is 460 g/mol. The van der Waals surface area contributed by atoms with Crippen LogP contribution >= 0.6 is 0 Å². The van der Waals surface area contributed by atoms with E-state index in [1.807, 2.05) is 36.4 Å². The number of nitrogens with zero attached hydrogens (tertiary/aromatic N) is 3. The van der Waals surface area contributed by atoms with E-state index in [4.69, 9.17) is 9.47 Å². The minimum atomic E-state index is -0.111. The van der Waals surface area contributed by atoms with E-state index in [2.05, 4.69) is 60.8 Å². The number of benzene rings is 2.